The molecular formula is C23H25N3O3. The van der Waals surface area contributed by atoms with Crippen LogP contribution in [0.1, 0.15) is 24.3 Å². The van der Waals surface area contributed by atoms with Crippen LogP contribution in [-0.2, 0) is 4.74 Å². The van der Waals surface area contributed by atoms with Crippen molar-refractivity contribution < 1.29 is 14.3 Å². The van der Waals surface area contributed by atoms with Crippen LogP contribution < -0.4 is 4.74 Å². The van der Waals surface area contributed by atoms with E-state index in [0.717, 1.165) is 22.7 Å². The highest BCUT2D eigenvalue weighted by atomic mass is 16.5. The number of carbonyl (C=O) groups excluding carboxylic acids is 1. The molecule has 0 aliphatic carbocycles. The molecule has 0 spiro atoms. The van der Waals surface area contributed by atoms with E-state index in [4.69, 9.17) is 14.6 Å². The van der Waals surface area contributed by atoms with Crippen LogP contribution in [0.25, 0.3) is 16.9 Å². The summed E-state index contributed by atoms with van der Waals surface area (Å²) in [5.74, 6) is 0.713. The van der Waals surface area contributed by atoms with Gasteiger partial charge in [-0.1, -0.05) is 30.3 Å². The minimum Gasteiger partial charge on any atom is -0.497 e. The quantitative estimate of drug-likeness (QED) is 0.679. The molecule has 2 heterocycles. The molecule has 6 heteroatoms. The number of carbonyl (C=O) groups is 1. The number of ether oxygens (including phenoxy) is 2. The minimum atomic E-state index is -0.0440. The Hall–Kier alpha value is -3.12. The molecule has 2 unspecified atom stereocenters. The Bertz CT molecular complexity index is 972. The summed E-state index contributed by atoms with van der Waals surface area (Å²) in [6, 6.07) is 19.3. The number of benzene rings is 2. The van der Waals surface area contributed by atoms with E-state index in [-0.39, 0.29) is 18.1 Å². The lowest BCUT2D eigenvalue weighted by Gasteiger charge is -2.35. The van der Waals surface area contributed by atoms with Gasteiger partial charge in [-0.3, -0.25) is 4.79 Å². The third-order valence-corrected chi connectivity index (χ3v) is 5.02. The van der Waals surface area contributed by atoms with Crippen LogP contribution >= 0.6 is 0 Å². The molecule has 1 aliphatic rings. The molecule has 0 saturated carbocycles. The molecule has 29 heavy (non-hydrogen) atoms. The Morgan fingerprint density at radius 1 is 1.03 bits per heavy atom. The third kappa shape index (κ3) is 4.03. The number of rotatable bonds is 4. The van der Waals surface area contributed by atoms with Gasteiger partial charge in [-0.05, 0) is 44.2 Å². The van der Waals surface area contributed by atoms with Crippen LogP contribution in [0.15, 0.2) is 60.7 Å². The van der Waals surface area contributed by atoms with Gasteiger partial charge in [0.25, 0.3) is 5.91 Å². The summed E-state index contributed by atoms with van der Waals surface area (Å²) in [5, 5.41) is 4.76. The fraction of sp³-hybridized carbons (Fsp3) is 0.304. The van der Waals surface area contributed by atoms with Crippen LogP contribution in [-0.4, -0.2) is 53.0 Å². The molecule has 4 rings (SSSR count). The van der Waals surface area contributed by atoms with Crippen molar-refractivity contribution >= 4 is 5.91 Å². The van der Waals surface area contributed by atoms with Crippen molar-refractivity contribution in [3.05, 3.63) is 66.4 Å². The second-order valence-corrected chi connectivity index (χ2v) is 7.36. The van der Waals surface area contributed by atoms with Crippen LogP contribution in [0.3, 0.4) is 0 Å². The van der Waals surface area contributed by atoms with Gasteiger partial charge in [-0.25, -0.2) is 4.68 Å². The van der Waals surface area contributed by atoms with Gasteiger partial charge < -0.3 is 14.4 Å². The van der Waals surface area contributed by atoms with E-state index in [1.165, 1.54) is 0 Å². The average molecular weight is 391 g/mol. The van der Waals surface area contributed by atoms with E-state index in [1.54, 1.807) is 11.8 Å². The summed E-state index contributed by atoms with van der Waals surface area (Å²) < 4.78 is 12.8. The van der Waals surface area contributed by atoms with E-state index in [9.17, 15) is 4.79 Å². The van der Waals surface area contributed by atoms with Crippen molar-refractivity contribution in [3.8, 4) is 22.7 Å². The second-order valence-electron chi connectivity index (χ2n) is 7.36. The smallest absolute Gasteiger partial charge is 0.272 e. The summed E-state index contributed by atoms with van der Waals surface area (Å²) in [5.41, 5.74) is 3.08. The average Bonchev–Trinajstić information content (AvgIpc) is 3.18. The molecule has 1 fully saturated rings. The molecule has 1 aliphatic heterocycles. The van der Waals surface area contributed by atoms with Gasteiger partial charge in [-0.15, -0.1) is 0 Å². The molecule has 0 N–H and O–H groups in total. The summed E-state index contributed by atoms with van der Waals surface area (Å²) in [6.45, 7) is 5.12. The third-order valence-electron chi connectivity index (χ3n) is 5.02. The molecule has 6 nitrogen and oxygen atoms in total. The fourth-order valence-corrected chi connectivity index (χ4v) is 3.71. The Labute approximate surface area is 170 Å². The first kappa shape index (κ1) is 19.2. The Morgan fingerprint density at radius 3 is 2.31 bits per heavy atom. The number of methoxy groups -OCH3 is 1. The summed E-state index contributed by atoms with van der Waals surface area (Å²) in [4.78, 5) is 15.3. The molecule has 1 aromatic heterocycles. The van der Waals surface area contributed by atoms with Gasteiger partial charge in [0.1, 0.15) is 11.4 Å². The number of hydrogen-bond acceptors (Lipinski definition) is 4. The molecule has 2 aromatic carbocycles. The fourth-order valence-electron chi connectivity index (χ4n) is 3.71. The maximum atomic E-state index is 13.4. The molecule has 2 atom stereocenters. The summed E-state index contributed by atoms with van der Waals surface area (Å²) in [6.07, 6.45) is 0.0160. The molecule has 150 valence electrons. The van der Waals surface area contributed by atoms with E-state index in [1.807, 2.05) is 79.4 Å². The Morgan fingerprint density at radius 2 is 1.69 bits per heavy atom. The highest BCUT2D eigenvalue weighted by Gasteiger charge is 2.29. The first-order valence-corrected chi connectivity index (χ1v) is 9.80. The van der Waals surface area contributed by atoms with Gasteiger partial charge in [-0.2, -0.15) is 5.10 Å². The van der Waals surface area contributed by atoms with Gasteiger partial charge in [0, 0.05) is 18.7 Å². The second kappa shape index (κ2) is 8.09. The lowest BCUT2D eigenvalue weighted by molar-refractivity contribution is -0.0588. The SMILES string of the molecule is COc1ccc(-n2nc(-c3ccccc3)cc2C(=O)N2CC(C)OC(C)C2)cc1. The molecule has 3 aromatic rings. The number of amides is 1. The van der Waals surface area contributed by atoms with Crippen molar-refractivity contribution in [1.29, 1.82) is 0 Å². The molecule has 1 saturated heterocycles. The molecule has 0 radical (unpaired) electrons. The number of morpholine rings is 1. The summed E-state index contributed by atoms with van der Waals surface area (Å²) in [7, 11) is 1.63. The van der Waals surface area contributed by atoms with Gasteiger partial charge in [0.15, 0.2) is 0 Å². The van der Waals surface area contributed by atoms with Crippen molar-refractivity contribution in [3.63, 3.8) is 0 Å². The highest BCUT2D eigenvalue weighted by Crippen LogP contribution is 2.25. The van der Waals surface area contributed by atoms with Gasteiger partial charge >= 0.3 is 0 Å². The monoisotopic (exact) mass is 391 g/mol. The van der Waals surface area contributed by atoms with Gasteiger partial charge in [0.05, 0.1) is 30.7 Å². The topological polar surface area (TPSA) is 56.6 Å². The first-order chi connectivity index (χ1) is 14.0. The zero-order valence-electron chi connectivity index (χ0n) is 16.9. The van der Waals surface area contributed by atoms with Crippen LogP contribution in [0.5, 0.6) is 5.75 Å². The van der Waals surface area contributed by atoms with Crippen molar-refractivity contribution in [2.45, 2.75) is 26.1 Å². The maximum Gasteiger partial charge on any atom is 0.272 e. The van der Waals surface area contributed by atoms with Crippen molar-refractivity contribution in [2.24, 2.45) is 0 Å². The van der Waals surface area contributed by atoms with Crippen LogP contribution in [0.4, 0.5) is 0 Å². The van der Waals surface area contributed by atoms with Crippen molar-refractivity contribution in [1.82, 2.24) is 14.7 Å². The lowest BCUT2D eigenvalue weighted by atomic mass is 10.1. The molecular weight excluding hydrogens is 366 g/mol. The lowest BCUT2D eigenvalue weighted by Crippen LogP contribution is -2.48. The van der Waals surface area contributed by atoms with E-state index in [2.05, 4.69) is 0 Å². The van der Waals surface area contributed by atoms with Crippen LogP contribution in [0, 0.1) is 0 Å². The first-order valence-electron chi connectivity index (χ1n) is 9.80. The van der Waals surface area contributed by atoms with E-state index < -0.39 is 0 Å². The van der Waals surface area contributed by atoms with E-state index >= 15 is 0 Å². The Kier molecular flexibility index (Phi) is 5.36. The largest absolute Gasteiger partial charge is 0.497 e. The minimum absolute atomic E-state index is 0.00801. The van der Waals surface area contributed by atoms with Gasteiger partial charge in [0.2, 0.25) is 0 Å². The Balaban J connectivity index is 1.76. The maximum absolute atomic E-state index is 13.4. The van der Waals surface area contributed by atoms with E-state index in [0.29, 0.717) is 18.8 Å². The number of aromatic nitrogens is 2. The van der Waals surface area contributed by atoms with Crippen molar-refractivity contribution in [2.75, 3.05) is 20.2 Å². The highest BCUT2D eigenvalue weighted by molar-refractivity contribution is 5.94. The standard InChI is InChI=1S/C23H25N3O3/c1-16-14-25(15-17(2)29-16)23(27)22-13-21(18-7-5-4-6-8-18)24-26(22)19-9-11-20(28-3)12-10-19/h4-13,16-17H,14-15H2,1-3H3. The number of hydrogen-bond donors (Lipinski definition) is 0. The predicted octanol–water partition coefficient (Wildman–Crippen LogP) is 3.80. The normalized spacial score (nSPS) is 19.2. The summed E-state index contributed by atoms with van der Waals surface area (Å²) >= 11 is 0. The van der Waals surface area contributed by atoms with Crippen LogP contribution in [0.2, 0.25) is 0 Å². The predicted molar refractivity (Wildman–Crippen MR) is 111 cm³/mol. The molecule has 0 bridgehead atoms. The zero-order chi connectivity index (χ0) is 20.4. The zero-order valence-corrected chi connectivity index (χ0v) is 16.9. The number of nitrogens with zero attached hydrogens (tertiary/aromatic N) is 3. The molecule has 1 amide bonds.